The van der Waals surface area contributed by atoms with E-state index in [1.807, 2.05) is 4.90 Å². The number of hydrogen-bond donors (Lipinski definition) is 0. The predicted octanol–water partition coefficient (Wildman–Crippen LogP) is 2.72. The van der Waals surface area contributed by atoms with Crippen LogP contribution in [-0.4, -0.2) is 52.4 Å². The zero-order valence-electron chi connectivity index (χ0n) is 12.5. The van der Waals surface area contributed by atoms with E-state index in [2.05, 4.69) is 6.92 Å². The van der Waals surface area contributed by atoms with Gasteiger partial charge in [0.05, 0.1) is 5.88 Å². The molecular weight excluding hydrogens is 320 g/mol. The summed E-state index contributed by atoms with van der Waals surface area (Å²) >= 11 is 7.50. The number of likely N-dealkylation sites (tertiary alicyclic amines) is 1. The highest BCUT2D eigenvalue weighted by molar-refractivity contribution is 7.99. The van der Waals surface area contributed by atoms with E-state index >= 15 is 0 Å². The highest BCUT2D eigenvalue weighted by Crippen LogP contribution is 2.27. The van der Waals surface area contributed by atoms with E-state index in [1.54, 1.807) is 40.9 Å². The molecule has 2 fully saturated rings. The monoisotopic (exact) mass is 338 g/mol. The summed E-state index contributed by atoms with van der Waals surface area (Å²) in [7, 11) is 0. The van der Waals surface area contributed by atoms with Gasteiger partial charge in [-0.05, 0) is 36.6 Å². The molecule has 0 bridgehead atoms. The molecule has 3 rings (SSSR count). The van der Waals surface area contributed by atoms with Crippen LogP contribution in [0.5, 0.6) is 0 Å². The number of thioether (sulfide) groups is 1. The average molecular weight is 339 g/mol. The molecule has 6 heteroatoms. The topological polar surface area (TPSA) is 40.6 Å². The van der Waals surface area contributed by atoms with Crippen LogP contribution in [0.1, 0.15) is 23.7 Å². The Kier molecular flexibility index (Phi) is 4.64. The van der Waals surface area contributed by atoms with Crippen LogP contribution in [-0.2, 0) is 4.79 Å². The lowest BCUT2D eigenvalue weighted by molar-refractivity contribution is -0.133. The fourth-order valence-electron chi connectivity index (χ4n) is 2.95. The fourth-order valence-corrected chi connectivity index (χ4v) is 4.22. The maximum absolute atomic E-state index is 12.7. The Bertz CT molecular complexity index is 578. The van der Waals surface area contributed by atoms with Crippen LogP contribution < -0.4 is 0 Å². The van der Waals surface area contributed by atoms with Gasteiger partial charge in [-0.1, -0.05) is 18.5 Å². The molecule has 0 spiro atoms. The molecule has 0 N–H and O–H groups in total. The fraction of sp³-hybridized carbons (Fsp3) is 0.500. The standard InChI is InChI=1S/C16H19ClN2O2S/c1-11-6-7-18(8-11)16(21)14-9-22-10-19(14)15(20)12-2-4-13(17)5-3-12/h2-5,11,14H,6-10H2,1H3. The summed E-state index contributed by atoms with van der Waals surface area (Å²) in [5.41, 5.74) is 0.583. The summed E-state index contributed by atoms with van der Waals surface area (Å²) in [6.07, 6.45) is 1.05. The highest BCUT2D eigenvalue weighted by atomic mass is 35.5. The van der Waals surface area contributed by atoms with Crippen molar-refractivity contribution in [1.29, 1.82) is 0 Å². The van der Waals surface area contributed by atoms with Crippen molar-refractivity contribution in [2.45, 2.75) is 19.4 Å². The normalized spacial score (nSPS) is 24.8. The Hall–Kier alpha value is -1.20. The lowest BCUT2D eigenvalue weighted by atomic mass is 10.1. The van der Waals surface area contributed by atoms with E-state index in [-0.39, 0.29) is 17.9 Å². The van der Waals surface area contributed by atoms with E-state index in [9.17, 15) is 9.59 Å². The van der Waals surface area contributed by atoms with Gasteiger partial charge in [0.15, 0.2) is 0 Å². The molecule has 2 saturated heterocycles. The van der Waals surface area contributed by atoms with Gasteiger partial charge in [-0.3, -0.25) is 9.59 Å². The number of amides is 2. The Labute approximate surface area is 139 Å². The van der Waals surface area contributed by atoms with Crippen LogP contribution in [0.25, 0.3) is 0 Å². The first-order chi connectivity index (χ1) is 10.6. The van der Waals surface area contributed by atoms with Gasteiger partial charge in [0.2, 0.25) is 5.91 Å². The van der Waals surface area contributed by atoms with Gasteiger partial charge in [0.1, 0.15) is 6.04 Å². The Morgan fingerprint density at radius 2 is 2.00 bits per heavy atom. The van der Waals surface area contributed by atoms with Crippen LogP contribution in [0.2, 0.25) is 5.02 Å². The van der Waals surface area contributed by atoms with Gasteiger partial charge in [-0.2, -0.15) is 0 Å². The van der Waals surface area contributed by atoms with Crippen molar-refractivity contribution >= 4 is 35.2 Å². The van der Waals surface area contributed by atoms with E-state index in [1.165, 1.54) is 0 Å². The SMILES string of the molecule is CC1CCN(C(=O)C2CSCN2C(=O)c2ccc(Cl)cc2)C1. The molecule has 2 aliphatic rings. The van der Waals surface area contributed by atoms with Crippen molar-refractivity contribution in [3.63, 3.8) is 0 Å². The third-order valence-electron chi connectivity index (χ3n) is 4.25. The molecule has 0 saturated carbocycles. The molecule has 2 unspecified atom stereocenters. The maximum atomic E-state index is 12.7. The minimum atomic E-state index is -0.335. The molecule has 22 heavy (non-hydrogen) atoms. The highest BCUT2D eigenvalue weighted by Gasteiger charge is 2.38. The van der Waals surface area contributed by atoms with Crippen LogP contribution in [0.4, 0.5) is 0 Å². The van der Waals surface area contributed by atoms with E-state index in [0.29, 0.717) is 28.1 Å². The van der Waals surface area contributed by atoms with Crippen LogP contribution in [0, 0.1) is 5.92 Å². The number of nitrogens with zero attached hydrogens (tertiary/aromatic N) is 2. The van der Waals surface area contributed by atoms with Crippen molar-refractivity contribution in [1.82, 2.24) is 9.80 Å². The second kappa shape index (κ2) is 6.50. The molecular formula is C16H19ClN2O2S. The molecule has 1 aromatic carbocycles. The molecule has 0 radical (unpaired) electrons. The quantitative estimate of drug-likeness (QED) is 0.832. The second-order valence-corrected chi connectivity index (χ2v) is 7.41. The molecule has 2 atom stereocenters. The Morgan fingerprint density at radius 1 is 1.27 bits per heavy atom. The zero-order chi connectivity index (χ0) is 15.7. The number of benzene rings is 1. The lowest BCUT2D eigenvalue weighted by Gasteiger charge is -2.27. The molecule has 4 nitrogen and oxygen atoms in total. The Balaban J connectivity index is 1.73. The maximum Gasteiger partial charge on any atom is 0.255 e. The van der Waals surface area contributed by atoms with Gasteiger partial charge in [0.25, 0.3) is 5.91 Å². The van der Waals surface area contributed by atoms with Crippen LogP contribution in [0.3, 0.4) is 0 Å². The molecule has 2 amide bonds. The van der Waals surface area contributed by atoms with Gasteiger partial charge < -0.3 is 9.80 Å². The summed E-state index contributed by atoms with van der Waals surface area (Å²) in [5.74, 6) is 1.81. The number of halogens is 1. The predicted molar refractivity (Wildman–Crippen MR) is 89.1 cm³/mol. The van der Waals surface area contributed by atoms with Crippen molar-refractivity contribution in [3.8, 4) is 0 Å². The molecule has 118 valence electrons. The summed E-state index contributed by atoms with van der Waals surface area (Å²) in [4.78, 5) is 28.9. The molecule has 1 aromatic rings. The zero-order valence-corrected chi connectivity index (χ0v) is 14.1. The second-order valence-electron chi connectivity index (χ2n) is 5.98. The first kappa shape index (κ1) is 15.7. The van der Waals surface area contributed by atoms with E-state index < -0.39 is 0 Å². The molecule has 2 aliphatic heterocycles. The molecule has 2 heterocycles. The lowest BCUT2D eigenvalue weighted by Crippen LogP contribution is -2.48. The molecule has 0 aliphatic carbocycles. The van der Waals surface area contributed by atoms with Gasteiger partial charge >= 0.3 is 0 Å². The number of rotatable bonds is 2. The van der Waals surface area contributed by atoms with Crippen molar-refractivity contribution in [3.05, 3.63) is 34.9 Å². The number of hydrogen-bond acceptors (Lipinski definition) is 3. The summed E-state index contributed by atoms with van der Waals surface area (Å²) in [5, 5.41) is 0.603. The van der Waals surface area contributed by atoms with Gasteiger partial charge in [0, 0.05) is 29.4 Å². The van der Waals surface area contributed by atoms with Crippen LogP contribution in [0.15, 0.2) is 24.3 Å². The van der Waals surface area contributed by atoms with Gasteiger partial charge in [-0.25, -0.2) is 0 Å². The smallest absolute Gasteiger partial charge is 0.255 e. The first-order valence-electron chi connectivity index (χ1n) is 7.49. The number of carbonyl (C=O) groups excluding carboxylic acids is 2. The van der Waals surface area contributed by atoms with E-state index in [0.717, 1.165) is 19.5 Å². The van der Waals surface area contributed by atoms with Crippen molar-refractivity contribution in [2.75, 3.05) is 24.7 Å². The molecule has 0 aromatic heterocycles. The average Bonchev–Trinajstić information content (AvgIpc) is 3.15. The Morgan fingerprint density at radius 3 is 2.64 bits per heavy atom. The summed E-state index contributed by atoms with van der Waals surface area (Å²) in [6, 6.07) is 6.51. The summed E-state index contributed by atoms with van der Waals surface area (Å²) < 4.78 is 0. The number of carbonyl (C=O) groups is 2. The minimum absolute atomic E-state index is 0.0905. The van der Waals surface area contributed by atoms with E-state index in [4.69, 9.17) is 11.6 Å². The van der Waals surface area contributed by atoms with Gasteiger partial charge in [-0.15, -0.1) is 11.8 Å². The van der Waals surface area contributed by atoms with Crippen molar-refractivity contribution < 1.29 is 9.59 Å². The van der Waals surface area contributed by atoms with Crippen molar-refractivity contribution in [2.24, 2.45) is 5.92 Å². The first-order valence-corrected chi connectivity index (χ1v) is 9.02. The third-order valence-corrected chi connectivity index (χ3v) is 5.52. The van der Waals surface area contributed by atoms with Crippen LogP contribution >= 0.6 is 23.4 Å². The summed E-state index contributed by atoms with van der Waals surface area (Å²) in [6.45, 7) is 3.78. The largest absolute Gasteiger partial charge is 0.341 e. The third kappa shape index (κ3) is 3.10. The minimum Gasteiger partial charge on any atom is -0.341 e.